The van der Waals surface area contributed by atoms with Crippen molar-refractivity contribution in [3.63, 3.8) is 0 Å². The first-order valence-corrected chi connectivity index (χ1v) is 11.2. The molecule has 5 nitrogen and oxygen atoms in total. The average Bonchev–Trinajstić information content (AvgIpc) is 3.22. The predicted octanol–water partition coefficient (Wildman–Crippen LogP) is 4.54. The van der Waals surface area contributed by atoms with Gasteiger partial charge in [0.25, 0.3) is 0 Å². The topological polar surface area (TPSA) is 70.8 Å². The van der Waals surface area contributed by atoms with Crippen molar-refractivity contribution < 1.29 is 0 Å². The molecule has 1 aliphatic rings. The third kappa shape index (κ3) is 4.38. The van der Waals surface area contributed by atoms with Gasteiger partial charge in [0.1, 0.15) is 5.82 Å². The number of nitrogens with zero attached hydrogens (tertiary/aromatic N) is 3. The highest BCUT2D eigenvalue weighted by molar-refractivity contribution is 5.74. The molecule has 3 N–H and O–H groups in total. The van der Waals surface area contributed by atoms with Gasteiger partial charge in [0.15, 0.2) is 0 Å². The Morgan fingerprint density at radius 2 is 1.81 bits per heavy atom. The van der Waals surface area contributed by atoms with Gasteiger partial charge in [-0.2, -0.15) is 0 Å². The Labute approximate surface area is 183 Å². The van der Waals surface area contributed by atoms with E-state index in [4.69, 9.17) is 15.7 Å². The fraction of sp³-hybridized carbons (Fsp3) is 0.308. The van der Waals surface area contributed by atoms with Crippen LogP contribution in [0.2, 0.25) is 0 Å². The number of aryl methyl sites for hydroxylation is 1. The number of fused-ring (bicyclic) bond motifs is 2. The van der Waals surface area contributed by atoms with Crippen LogP contribution in [-0.2, 0) is 25.9 Å². The maximum atomic E-state index is 5.71. The number of benzene rings is 2. The van der Waals surface area contributed by atoms with E-state index in [0.717, 1.165) is 49.2 Å². The minimum absolute atomic E-state index is 0.293. The van der Waals surface area contributed by atoms with Crippen molar-refractivity contribution in [1.29, 1.82) is 0 Å². The molecule has 2 heterocycles. The molecule has 31 heavy (non-hydrogen) atoms. The SMILES string of the molecule is NCCc1ccc(CN(Cc2nc3ccccc3[nH]2)C2CCCc3cccnc32)cc1. The van der Waals surface area contributed by atoms with E-state index in [0.29, 0.717) is 12.6 Å². The second-order valence-corrected chi connectivity index (χ2v) is 8.42. The van der Waals surface area contributed by atoms with Crippen LogP contribution in [0.25, 0.3) is 11.0 Å². The van der Waals surface area contributed by atoms with Crippen molar-refractivity contribution in [3.05, 3.63) is 95.1 Å². The van der Waals surface area contributed by atoms with Crippen molar-refractivity contribution in [2.45, 2.75) is 44.8 Å². The minimum atomic E-state index is 0.293. The number of aromatic nitrogens is 3. The summed E-state index contributed by atoms with van der Waals surface area (Å²) in [6, 6.07) is 21.7. The van der Waals surface area contributed by atoms with Gasteiger partial charge in [-0.1, -0.05) is 42.5 Å². The maximum Gasteiger partial charge on any atom is 0.121 e. The Morgan fingerprint density at radius 1 is 0.968 bits per heavy atom. The quantitative estimate of drug-likeness (QED) is 0.468. The smallest absolute Gasteiger partial charge is 0.121 e. The summed E-state index contributed by atoms with van der Waals surface area (Å²) >= 11 is 0. The zero-order chi connectivity index (χ0) is 21.0. The number of hydrogen-bond donors (Lipinski definition) is 2. The molecule has 4 aromatic rings. The highest BCUT2D eigenvalue weighted by Crippen LogP contribution is 2.34. The summed E-state index contributed by atoms with van der Waals surface area (Å²) in [4.78, 5) is 15.7. The monoisotopic (exact) mass is 411 g/mol. The summed E-state index contributed by atoms with van der Waals surface area (Å²) in [5, 5.41) is 0. The van der Waals surface area contributed by atoms with Crippen LogP contribution in [0.15, 0.2) is 66.9 Å². The number of pyridine rings is 1. The van der Waals surface area contributed by atoms with Crippen molar-refractivity contribution in [3.8, 4) is 0 Å². The lowest BCUT2D eigenvalue weighted by Crippen LogP contribution is -2.31. The summed E-state index contributed by atoms with van der Waals surface area (Å²) in [6.45, 7) is 2.31. The fourth-order valence-corrected chi connectivity index (χ4v) is 4.70. The highest BCUT2D eigenvalue weighted by Gasteiger charge is 2.28. The van der Waals surface area contributed by atoms with E-state index in [9.17, 15) is 0 Å². The molecular formula is C26H29N5. The molecule has 158 valence electrons. The number of H-pyrrole nitrogens is 1. The van der Waals surface area contributed by atoms with Crippen LogP contribution < -0.4 is 5.73 Å². The number of hydrogen-bond acceptors (Lipinski definition) is 4. The molecule has 0 radical (unpaired) electrons. The molecule has 0 spiro atoms. The van der Waals surface area contributed by atoms with Crippen LogP contribution in [0, 0.1) is 0 Å². The van der Waals surface area contributed by atoms with Crippen molar-refractivity contribution >= 4 is 11.0 Å². The predicted molar refractivity (Wildman–Crippen MR) is 124 cm³/mol. The van der Waals surface area contributed by atoms with E-state index in [1.54, 1.807) is 0 Å². The Balaban J connectivity index is 1.46. The van der Waals surface area contributed by atoms with E-state index >= 15 is 0 Å². The van der Waals surface area contributed by atoms with E-state index in [1.165, 1.54) is 28.8 Å². The molecule has 0 saturated carbocycles. The number of para-hydroxylation sites is 2. The summed E-state index contributed by atoms with van der Waals surface area (Å²) in [7, 11) is 0. The number of nitrogens with one attached hydrogen (secondary N) is 1. The van der Waals surface area contributed by atoms with Gasteiger partial charge in [-0.05, 0) is 67.1 Å². The maximum absolute atomic E-state index is 5.71. The van der Waals surface area contributed by atoms with E-state index in [2.05, 4.69) is 58.4 Å². The van der Waals surface area contributed by atoms with Crippen molar-refractivity contribution in [1.82, 2.24) is 19.9 Å². The third-order valence-electron chi connectivity index (χ3n) is 6.24. The van der Waals surface area contributed by atoms with Crippen molar-refractivity contribution in [2.24, 2.45) is 5.73 Å². The lowest BCUT2D eigenvalue weighted by atomic mass is 9.90. The van der Waals surface area contributed by atoms with Gasteiger partial charge in [0.2, 0.25) is 0 Å². The average molecular weight is 412 g/mol. The second kappa shape index (κ2) is 9.00. The Kier molecular flexibility index (Phi) is 5.78. The van der Waals surface area contributed by atoms with Crippen LogP contribution in [-0.4, -0.2) is 26.4 Å². The molecule has 0 fully saturated rings. The zero-order valence-electron chi connectivity index (χ0n) is 17.8. The van der Waals surface area contributed by atoms with E-state index in [1.807, 2.05) is 18.3 Å². The van der Waals surface area contributed by atoms with Crippen molar-refractivity contribution in [2.75, 3.05) is 6.54 Å². The standard InChI is InChI=1S/C26H29N5/c27-15-14-19-10-12-20(13-11-19)17-31(18-25-29-22-7-1-2-8-23(22)30-25)24-9-3-5-21-6-4-16-28-26(21)24/h1-2,4,6-8,10-13,16,24H,3,5,9,14-15,17-18,27H2,(H,29,30). The summed E-state index contributed by atoms with van der Waals surface area (Å²) < 4.78 is 0. The summed E-state index contributed by atoms with van der Waals surface area (Å²) in [5.74, 6) is 1.00. The Bertz CT molecular complexity index is 1110. The lowest BCUT2D eigenvalue weighted by Gasteiger charge is -2.34. The number of imidazole rings is 1. The van der Waals surface area contributed by atoms with Gasteiger partial charge in [-0.3, -0.25) is 9.88 Å². The van der Waals surface area contributed by atoms with Gasteiger partial charge >= 0.3 is 0 Å². The first kappa shape index (κ1) is 19.9. The second-order valence-electron chi connectivity index (χ2n) is 8.42. The lowest BCUT2D eigenvalue weighted by molar-refractivity contribution is 0.153. The minimum Gasteiger partial charge on any atom is -0.341 e. The Hall–Kier alpha value is -3.02. The molecule has 5 heteroatoms. The molecule has 1 unspecified atom stereocenters. The zero-order valence-corrected chi connectivity index (χ0v) is 17.8. The molecule has 0 amide bonds. The van der Waals surface area contributed by atoms with Crippen LogP contribution >= 0.6 is 0 Å². The van der Waals surface area contributed by atoms with E-state index < -0.39 is 0 Å². The van der Waals surface area contributed by atoms with Gasteiger partial charge in [0.05, 0.1) is 29.3 Å². The largest absolute Gasteiger partial charge is 0.341 e. The highest BCUT2D eigenvalue weighted by atomic mass is 15.2. The fourth-order valence-electron chi connectivity index (χ4n) is 4.70. The molecular weight excluding hydrogens is 382 g/mol. The first-order chi connectivity index (χ1) is 15.3. The van der Waals surface area contributed by atoms with Crippen LogP contribution in [0.1, 0.15) is 47.1 Å². The van der Waals surface area contributed by atoms with E-state index in [-0.39, 0.29) is 0 Å². The summed E-state index contributed by atoms with van der Waals surface area (Å²) in [6.07, 6.45) is 6.28. The van der Waals surface area contributed by atoms with Crippen LogP contribution in [0.3, 0.4) is 0 Å². The molecule has 5 rings (SSSR count). The van der Waals surface area contributed by atoms with Crippen LogP contribution in [0.5, 0.6) is 0 Å². The number of aromatic amines is 1. The van der Waals surface area contributed by atoms with Gasteiger partial charge in [0, 0.05) is 12.7 Å². The third-order valence-corrected chi connectivity index (χ3v) is 6.24. The molecule has 1 atom stereocenters. The van der Waals surface area contributed by atoms with Crippen LogP contribution in [0.4, 0.5) is 0 Å². The molecule has 2 aromatic heterocycles. The molecule has 0 bridgehead atoms. The summed E-state index contributed by atoms with van der Waals surface area (Å²) in [5.41, 5.74) is 13.0. The van der Waals surface area contributed by atoms with Gasteiger partial charge in [-0.15, -0.1) is 0 Å². The number of rotatable bonds is 7. The normalized spacial score (nSPS) is 16.0. The number of nitrogens with two attached hydrogens (primary N) is 1. The van der Waals surface area contributed by atoms with Gasteiger partial charge in [-0.25, -0.2) is 4.98 Å². The first-order valence-electron chi connectivity index (χ1n) is 11.2. The van der Waals surface area contributed by atoms with Gasteiger partial charge < -0.3 is 10.7 Å². The molecule has 1 aliphatic carbocycles. The molecule has 0 saturated heterocycles. The molecule has 2 aromatic carbocycles. The Morgan fingerprint density at radius 3 is 2.65 bits per heavy atom. The molecule has 0 aliphatic heterocycles.